The van der Waals surface area contributed by atoms with Gasteiger partial charge in [0.25, 0.3) is 0 Å². The Hall–Kier alpha value is -0.540. The first-order chi connectivity index (χ1) is 8.72. The fraction of sp³-hybridized carbons (Fsp3) is 0.600. The number of ether oxygens (including phenoxy) is 1. The smallest absolute Gasteiger partial charge is 0.133 e. The molecule has 0 spiro atoms. The molecule has 1 aromatic carbocycles. The van der Waals surface area contributed by atoms with E-state index < -0.39 is 0 Å². The Kier molecular flexibility index (Phi) is 3.37. The lowest BCUT2D eigenvalue weighted by atomic mass is 10.0. The first-order valence-electron chi connectivity index (χ1n) is 6.81. The van der Waals surface area contributed by atoms with Crippen molar-refractivity contribution in [1.82, 2.24) is 0 Å². The number of fused-ring (bicyclic) bond motifs is 1. The minimum atomic E-state index is 0.195. The van der Waals surface area contributed by atoms with E-state index in [1.807, 2.05) is 6.07 Å². The van der Waals surface area contributed by atoms with Crippen LogP contribution in [0.4, 0.5) is 0 Å². The molecule has 3 heteroatoms. The number of halogens is 1. The summed E-state index contributed by atoms with van der Waals surface area (Å²) in [5.41, 5.74) is 7.70. The van der Waals surface area contributed by atoms with E-state index in [2.05, 4.69) is 28.1 Å². The van der Waals surface area contributed by atoms with Gasteiger partial charge in [0.2, 0.25) is 0 Å². The van der Waals surface area contributed by atoms with E-state index in [0.717, 1.165) is 22.1 Å². The van der Waals surface area contributed by atoms with Crippen LogP contribution in [-0.4, -0.2) is 7.11 Å². The molecule has 3 rings (SSSR count). The summed E-state index contributed by atoms with van der Waals surface area (Å²) in [4.78, 5) is 0. The topological polar surface area (TPSA) is 35.2 Å². The van der Waals surface area contributed by atoms with Crippen molar-refractivity contribution in [3.8, 4) is 5.75 Å². The average Bonchev–Trinajstić information content (AvgIpc) is 3.12. The normalized spacial score (nSPS) is 31.6. The molecular weight excluding hydrogens is 290 g/mol. The second kappa shape index (κ2) is 4.86. The van der Waals surface area contributed by atoms with Gasteiger partial charge >= 0.3 is 0 Å². The van der Waals surface area contributed by atoms with Crippen LogP contribution in [0.1, 0.15) is 37.3 Å². The summed E-state index contributed by atoms with van der Waals surface area (Å²) in [5.74, 6) is 3.39. The molecule has 0 amide bonds. The van der Waals surface area contributed by atoms with Gasteiger partial charge in [-0.25, -0.2) is 0 Å². The molecule has 2 aliphatic carbocycles. The highest BCUT2D eigenvalue weighted by Gasteiger charge is 2.53. The van der Waals surface area contributed by atoms with Gasteiger partial charge in [-0.15, -0.1) is 0 Å². The molecule has 2 saturated carbocycles. The van der Waals surface area contributed by atoms with E-state index in [-0.39, 0.29) is 6.04 Å². The standard InChI is InChI=1S/C15H20BrNO/c1-18-13-7-6-9(8-12(13)16)15(17)14-10-4-2-3-5-11(10)14/h6-8,10-11,14-15H,2-5,17H2,1H3. The molecule has 0 aliphatic heterocycles. The number of methoxy groups -OCH3 is 1. The third kappa shape index (κ3) is 2.08. The Morgan fingerprint density at radius 2 is 1.94 bits per heavy atom. The van der Waals surface area contributed by atoms with Crippen LogP contribution in [0.25, 0.3) is 0 Å². The SMILES string of the molecule is COc1ccc(C(N)C2C3CCCCC32)cc1Br. The molecule has 2 N–H and O–H groups in total. The summed E-state index contributed by atoms with van der Waals surface area (Å²) in [6.45, 7) is 0. The maximum atomic E-state index is 6.46. The van der Waals surface area contributed by atoms with Crippen LogP contribution in [0.15, 0.2) is 22.7 Å². The van der Waals surface area contributed by atoms with Gasteiger partial charge in [-0.3, -0.25) is 0 Å². The summed E-state index contributed by atoms with van der Waals surface area (Å²) in [7, 11) is 1.69. The van der Waals surface area contributed by atoms with Gasteiger partial charge in [0.05, 0.1) is 11.6 Å². The molecule has 98 valence electrons. The second-order valence-corrected chi connectivity index (χ2v) is 6.46. The second-order valence-electron chi connectivity index (χ2n) is 5.61. The van der Waals surface area contributed by atoms with E-state index in [1.54, 1.807) is 7.11 Å². The number of hydrogen-bond donors (Lipinski definition) is 1. The minimum Gasteiger partial charge on any atom is -0.496 e. The first kappa shape index (κ1) is 12.5. The lowest BCUT2D eigenvalue weighted by molar-refractivity contribution is 0.411. The Bertz CT molecular complexity index is 436. The zero-order valence-electron chi connectivity index (χ0n) is 10.7. The molecular formula is C15H20BrNO. The van der Waals surface area contributed by atoms with Crippen molar-refractivity contribution in [1.29, 1.82) is 0 Å². The van der Waals surface area contributed by atoms with Crippen molar-refractivity contribution in [2.24, 2.45) is 23.5 Å². The van der Waals surface area contributed by atoms with Crippen LogP contribution >= 0.6 is 15.9 Å². The molecule has 2 nitrogen and oxygen atoms in total. The van der Waals surface area contributed by atoms with Crippen LogP contribution < -0.4 is 10.5 Å². The molecule has 18 heavy (non-hydrogen) atoms. The monoisotopic (exact) mass is 309 g/mol. The van der Waals surface area contributed by atoms with Gasteiger partial charge < -0.3 is 10.5 Å². The van der Waals surface area contributed by atoms with Crippen molar-refractivity contribution < 1.29 is 4.74 Å². The fourth-order valence-corrected chi connectivity index (χ4v) is 4.25. The zero-order chi connectivity index (χ0) is 12.7. The number of rotatable bonds is 3. The molecule has 1 aromatic rings. The highest BCUT2D eigenvalue weighted by molar-refractivity contribution is 9.10. The molecule has 0 heterocycles. The fourth-order valence-electron chi connectivity index (χ4n) is 3.69. The third-order valence-electron chi connectivity index (χ3n) is 4.70. The van der Waals surface area contributed by atoms with Gasteiger partial charge in [-0.05, 0) is 64.2 Å². The predicted molar refractivity (Wildman–Crippen MR) is 76.6 cm³/mol. The van der Waals surface area contributed by atoms with Gasteiger partial charge in [0.15, 0.2) is 0 Å². The van der Waals surface area contributed by atoms with Crippen LogP contribution in [0.3, 0.4) is 0 Å². The van der Waals surface area contributed by atoms with E-state index >= 15 is 0 Å². The van der Waals surface area contributed by atoms with Gasteiger partial charge in [0.1, 0.15) is 5.75 Å². The lowest BCUT2D eigenvalue weighted by Gasteiger charge is -2.14. The van der Waals surface area contributed by atoms with Crippen LogP contribution in [-0.2, 0) is 0 Å². The summed E-state index contributed by atoms with van der Waals surface area (Å²) < 4.78 is 6.26. The summed E-state index contributed by atoms with van der Waals surface area (Å²) >= 11 is 3.54. The van der Waals surface area contributed by atoms with Crippen LogP contribution in [0.2, 0.25) is 0 Å². The number of benzene rings is 1. The minimum absolute atomic E-state index is 0.195. The van der Waals surface area contributed by atoms with E-state index in [0.29, 0.717) is 5.92 Å². The highest BCUT2D eigenvalue weighted by Crippen LogP contribution is 2.59. The molecule has 0 saturated heterocycles. The molecule has 2 fully saturated rings. The Labute approximate surface area is 117 Å². The van der Waals surface area contributed by atoms with E-state index in [1.165, 1.54) is 31.2 Å². The molecule has 3 unspecified atom stereocenters. The van der Waals surface area contributed by atoms with Crippen molar-refractivity contribution in [3.05, 3.63) is 28.2 Å². The average molecular weight is 310 g/mol. The van der Waals surface area contributed by atoms with Gasteiger partial charge in [-0.1, -0.05) is 18.9 Å². The lowest BCUT2D eigenvalue weighted by Crippen LogP contribution is -2.14. The largest absolute Gasteiger partial charge is 0.496 e. The molecule has 0 radical (unpaired) electrons. The van der Waals surface area contributed by atoms with Gasteiger partial charge in [0, 0.05) is 6.04 Å². The highest BCUT2D eigenvalue weighted by atomic mass is 79.9. The van der Waals surface area contributed by atoms with Crippen molar-refractivity contribution in [2.75, 3.05) is 7.11 Å². The Morgan fingerprint density at radius 1 is 1.28 bits per heavy atom. The zero-order valence-corrected chi connectivity index (χ0v) is 12.3. The summed E-state index contributed by atoms with van der Waals surface area (Å²) in [5, 5.41) is 0. The van der Waals surface area contributed by atoms with E-state index in [4.69, 9.17) is 10.5 Å². The first-order valence-corrected chi connectivity index (χ1v) is 7.60. The third-order valence-corrected chi connectivity index (χ3v) is 5.32. The molecule has 2 aliphatic rings. The Morgan fingerprint density at radius 3 is 2.50 bits per heavy atom. The maximum Gasteiger partial charge on any atom is 0.133 e. The van der Waals surface area contributed by atoms with Crippen molar-refractivity contribution in [3.63, 3.8) is 0 Å². The Balaban J connectivity index is 1.76. The molecule has 0 aromatic heterocycles. The number of nitrogens with two attached hydrogens (primary N) is 1. The molecule has 0 bridgehead atoms. The quantitative estimate of drug-likeness (QED) is 0.919. The summed E-state index contributed by atoms with van der Waals surface area (Å²) in [6, 6.07) is 6.43. The van der Waals surface area contributed by atoms with Crippen LogP contribution in [0, 0.1) is 17.8 Å². The van der Waals surface area contributed by atoms with Crippen LogP contribution in [0.5, 0.6) is 5.75 Å². The molecule has 3 atom stereocenters. The number of hydrogen-bond acceptors (Lipinski definition) is 2. The summed E-state index contributed by atoms with van der Waals surface area (Å²) in [6.07, 6.45) is 5.58. The van der Waals surface area contributed by atoms with Gasteiger partial charge in [-0.2, -0.15) is 0 Å². The van der Waals surface area contributed by atoms with Crippen molar-refractivity contribution in [2.45, 2.75) is 31.7 Å². The predicted octanol–water partition coefficient (Wildman–Crippen LogP) is 3.89. The van der Waals surface area contributed by atoms with E-state index in [9.17, 15) is 0 Å². The maximum absolute atomic E-state index is 6.46. The van der Waals surface area contributed by atoms with Crippen molar-refractivity contribution >= 4 is 15.9 Å².